The summed E-state index contributed by atoms with van der Waals surface area (Å²) in [4.78, 5) is 21.0. The molecule has 2 rings (SSSR count). The molecule has 1 unspecified atom stereocenters. The van der Waals surface area contributed by atoms with Gasteiger partial charge in [0.1, 0.15) is 5.69 Å². The van der Waals surface area contributed by atoms with Gasteiger partial charge in [0.15, 0.2) is 0 Å². The Labute approximate surface area is 126 Å². The van der Waals surface area contributed by atoms with E-state index >= 15 is 0 Å². The number of carbonyl (C=O) groups is 1. The van der Waals surface area contributed by atoms with Gasteiger partial charge in [-0.2, -0.15) is 0 Å². The summed E-state index contributed by atoms with van der Waals surface area (Å²) < 4.78 is 0. The van der Waals surface area contributed by atoms with Gasteiger partial charge < -0.3 is 15.5 Å². The van der Waals surface area contributed by atoms with Gasteiger partial charge in [0.2, 0.25) is 0 Å². The van der Waals surface area contributed by atoms with Gasteiger partial charge in [0, 0.05) is 25.3 Å². The van der Waals surface area contributed by atoms with Gasteiger partial charge in [0.05, 0.1) is 12.1 Å². The fourth-order valence-corrected chi connectivity index (χ4v) is 2.53. The summed E-state index contributed by atoms with van der Waals surface area (Å²) in [6.07, 6.45) is 3.78. The summed E-state index contributed by atoms with van der Waals surface area (Å²) in [6.45, 7) is 1.80. The molecule has 2 heterocycles. The molecule has 1 aliphatic heterocycles. The minimum atomic E-state index is -0.0385. The number of rotatable bonds is 2. The van der Waals surface area contributed by atoms with Crippen LogP contribution >= 0.6 is 0 Å². The molecule has 1 aromatic rings. The van der Waals surface area contributed by atoms with Crippen LogP contribution in [0.4, 0.5) is 0 Å². The standard InChI is InChI=1S/C16H22N4O/c1-19(2)14-8-5-11-20(12-14)16(21)15-13(6-3-9-17)7-4-10-18-15/h4,7,10,14H,5,8-9,11-12,17H2,1-2H3. The second kappa shape index (κ2) is 7.21. The summed E-state index contributed by atoms with van der Waals surface area (Å²) in [6, 6.07) is 4.01. The van der Waals surface area contributed by atoms with Crippen LogP contribution in [0.25, 0.3) is 0 Å². The Kier molecular flexibility index (Phi) is 5.32. The highest BCUT2D eigenvalue weighted by molar-refractivity contribution is 5.94. The number of likely N-dealkylation sites (N-methyl/N-ethyl adjacent to an activating group) is 1. The van der Waals surface area contributed by atoms with Crippen LogP contribution in [0, 0.1) is 11.8 Å². The maximum atomic E-state index is 12.7. The molecule has 1 fully saturated rings. The Bertz CT molecular complexity index is 559. The molecule has 5 nitrogen and oxygen atoms in total. The van der Waals surface area contributed by atoms with Crippen LogP contribution in [0.5, 0.6) is 0 Å². The predicted molar refractivity (Wildman–Crippen MR) is 82.8 cm³/mol. The molecule has 0 saturated carbocycles. The van der Waals surface area contributed by atoms with Crippen LogP contribution in [-0.4, -0.2) is 60.5 Å². The van der Waals surface area contributed by atoms with E-state index in [1.807, 2.05) is 11.0 Å². The van der Waals surface area contributed by atoms with Gasteiger partial charge >= 0.3 is 0 Å². The van der Waals surface area contributed by atoms with Crippen LogP contribution in [-0.2, 0) is 0 Å². The third-order valence-electron chi connectivity index (χ3n) is 3.75. The van der Waals surface area contributed by atoms with Crippen molar-refractivity contribution < 1.29 is 4.79 Å². The second-order valence-electron chi connectivity index (χ2n) is 5.42. The minimum absolute atomic E-state index is 0.0385. The van der Waals surface area contributed by atoms with Crippen LogP contribution in [0.3, 0.4) is 0 Å². The van der Waals surface area contributed by atoms with Crippen molar-refractivity contribution in [2.24, 2.45) is 5.73 Å². The molecule has 1 saturated heterocycles. The number of aromatic nitrogens is 1. The lowest BCUT2D eigenvalue weighted by atomic mass is 10.0. The van der Waals surface area contributed by atoms with E-state index in [9.17, 15) is 4.79 Å². The van der Waals surface area contributed by atoms with E-state index < -0.39 is 0 Å². The van der Waals surface area contributed by atoms with E-state index in [1.165, 1.54) is 0 Å². The lowest BCUT2D eigenvalue weighted by molar-refractivity contribution is 0.0629. The molecule has 0 aliphatic carbocycles. The third-order valence-corrected chi connectivity index (χ3v) is 3.75. The number of amides is 1. The number of pyridine rings is 1. The molecule has 21 heavy (non-hydrogen) atoms. The van der Waals surface area contributed by atoms with Crippen LogP contribution in [0.2, 0.25) is 0 Å². The van der Waals surface area contributed by atoms with Gasteiger partial charge in [-0.05, 0) is 39.1 Å². The molecule has 5 heteroatoms. The van der Waals surface area contributed by atoms with Crippen molar-refractivity contribution in [1.82, 2.24) is 14.8 Å². The topological polar surface area (TPSA) is 62.5 Å². The fourth-order valence-electron chi connectivity index (χ4n) is 2.53. The second-order valence-corrected chi connectivity index (χ2v) is 5.42. The van der Waals surface area contributed by atoms with E-state index in [2.05, 4.69) is 35.8 Å². The Balaban J connectivity index is 2.20. The molecule has 0 spiro atoms. The average Bonchev–Trinajstić information content (AvgIpc) is 2.52. The molecule has 0 bridgehead atoms. The molecule has 0 aromatic carbocycles. The van der Waals surface area contributed by atoms with E-state index in [1.54, 1.807) is 12.3 Å². The minimum Gasteiger partial charge on any atom is -0.336 e. The Morgan fingerprint density at radius 3 is 3.10 bits per heavy atom. The molecular formula is C16H22N4O. The number of nitrogens with zero attached hydrogens (tertiary/aromatic N) is 3. The number of likely N-dealkylation sites (tertiary alicyclic amines) is 1. The average molecular weight is 286 g/mol. The summed E-state index contributed by atoms with van der Waals surface area (Å²) in [7, 11) is 4.11. The number of piperidine rings is 1. The molecule has 0 radical (unpaired) electrons. The zero-order valence-electron chi connectivity index (χ0n) is 12.7. The van der Waals surface area contributed by atoms with Crippen LogP contribution in [0.15, 0.2) is 18.3 Å². The van der Waals surface area contributed by atoms with Crippen molar-refractivity contribution in [3.63, 3.8) is 0 Å². The van der Waals surface area contributed by atoms with E-state index in [0.717, 1.165) is 25.9 Å². The molecule has 2 N–H and O–H groups in total. The first-order chi connectivity index (χ1) is 10.1. The first-order valence-electron chi connectivity index (χ1n) is 7.23. The highest BCUT2D eigenvalue weighted by Gasteiger charge is 2.27. The molecular weight excluding hydrogens is 264 g/mol. The monoisotopic (exact) mass is 286 g/mol. The largest absolute Gasteiger partial charge is 0.336 e. The van der Waals surface area contributed by atoms with E-state index in [4.69, 9.17) is 5.73 Å². The molecule has 1 aliphatic rings. The van der Waals surface area contributed by atoms with Gasteiger partial charge in [-0.15, -0.1) is 0 Å². The maximum Gasteiger partial charge on any atom is 0.273 e. The van der Waals surface area contributed by atoms with Crippen LogP contribution in [0.1, 0.15) is 28.9 Å². The van der Waals surface area contributed by atoms with Crippen molar-refractivity contribution in [1.29, 1.82) is 0 Å². The highest BCUT2D eigenvalue weighted by Crippen LogP contribution is 2.17. The first-order valence-corrected chi connectivity index (χ1v) is 7.23. The normalized spacial score (nSPS) is 18.3. The summed E-state index contributed by atoms with van der Waals surface area (Å²) in [5, 5.41) is 0. The Morgan fingerprint density at radius 1 is 1.57 bits per heavy atom. The lowest BCUT2D eigenvalue weighted by Crippen LogP contribution is -2.47. The fraction of sp³-hybridized carbons (Fsp3) is 0.500. The van der Waals surface area contributed by atoms with Gasteiger partial charge in [-0.1, -0.05) is 11.8 Å². The SMILES string of the molecule is CN(C)C1CCCN(C(=O)c2ncccc2C#CCN)C1. The number of hydrogen-bond acceptors (Lipinski definition) is 4. The Morgan fingerprint density at radius 2 is 2.38 bits per heavy atom. The van der Waals surface area contributed by atoms with Gasteiger partial charge in [0.25, 0.3) is 5.91 Å². The van der Waals surface area contributed by atoms with Gasteiger partial charge in [-0.25, -0.2) is 4.98 Å². The van der Waals surface area contributed by atoms with Crippen LogP contribution < -0.4 is 5.73 Å². The quantitative estimate of drug-likeness (QED) is 0.807. The van der Waals surface area contributed by atoms with E-state index in [0.29, 0.717) is 17.3 Å². The summed E-state index contributed by atoms with van der Waals surface area (Å²) in [5.74, 6) is 5.68. The zero-order valence-corrected chi connectivity index (χ0v) is 12.7. The van der Waals surface area contributed by atoms with Gasteiger partial charge in [-0.3, -0.25) is 4.79 Å². The van der Waals surface area contributed by atoms with E-state index in [-0.39, 0.29) is 12.5 Å². The molecule has 1 amide bonds. The van der Waals surface area contributed by atoms with Crippen molar-refractivity contribution in [2.45, 2.75) is 18.9 Å². The summed E-state index contributed by atoms with van der Waals surface area (Å²) in [5.41, 5.74) is 6.48. The van der Waals surface area contributed by atoms with Crippen molar-refractivity contribution >= 4 is 5.91 Å². The summed E-state index contributed by atoms with van der Waals surface area (Å²) >= 11 is 0. The Hall–Kier alpha value is -1.90. The molecule has 1 atom stereocenters. The van der Waals surface area contributed by atoms with Crippen molar-refractivity contribution in [2.75, 3.05) is 33.7 Å². The lowest BCUT2D eigenvalue weighted by Gasteiger charge is -2.36. The zero-order chi connectivity index (χ0) is 15.2. The molecule has 1 aromatic heterocycles. The molecule has 112 valence electrons. The van der Waals surface area contributed by atoms with Crippen molar-refractivity contribution in [3.05, 3.63) is 29.6 Å². The maximum absolute atomic E-state index is 12.7. The number of carbonyl (C=O) groups excluding carboxylic acids is 1. The predicted octanol–water partition coefficient (Wildman–Crippen LogP) is 0.558. The number of nitrogens with two attached hydrogens (primary N) is 1. The highest BCUT2D eigenvalue weighted by atomic mass is 16.2. The van der Waals surface area contributed by atoms with Crippen molar-refractivity contribution in [3.8, 4) is 11.8 Å². The number of hydrogen-bond donors (Lipinski definition) is 1. The third kappa shape index (κ3) is 3.81. The smallest absolute Gasteiger partial charge is 0.273 e. The first kappa shape index (κ1) is 15.5.